The fourth-order valence-electron chi connectivity index (χ4n) is 1.82. The van der Waals surface area contributed by atoms with E-state index >= 15 is 0 Å². The summed E-state index contributed by atoms with van der Waals surface area (Å²) in [5, 5.41) is 10.7. The molecule has 0 fully saturated rings. The summed E-state index contributed by atoms with van der Waals surface area (Å²) in [7, 11) is 0. The number of esters is 1. The number of carbonyl (C=O) groups excluding carboxylic acids is 1. The number of non-ortho nitro benzene ring substituents is 1. The minimum atomic E-state index is -0.454. The van der Waals surface area contributed by atoms with Gasteiger partial charge in [-0.25, -0.2) is 0 Å². The van der Waals surface area contributed by atoms with Crippen molar-refractivity contribution < 1.29 is 14.5 Å². The number of nitrogens with zero attached hydrogens (tertiary/aromatic N) is 1. The molecule has 2 rings (SSSR count). The van der Waals surface area contributed by atoms with Crippen LogP contribution in [0.4, 0.5) is 5.69 Å². The molecule has 0 aliphatic heterocycles. The Hall–Kier alpha value is -2.22. The molecule has 0 N–H and O–H groups in total. The van der Waals surface area contributed by atoms with Crippen molar-refractivity contribution in [3.8, 4) is 0 Å². The fourth-order valence-corrected chi connectivity index (χ4v) is 2.61. The van der Waals surface area contributed by atoms with Crippen LogP contribution >= 0.6 is 22.6 Å². The van der Waals surface area contributed by atoms with Gasteiger partial charge in [0.2, 0.25) is 0 Å². The smallest absolute Gasteiger partial charge is 0.308 e. The van der Waals surface area contributed by atoms with Gasteiger partial charge in [0, 0.05) is 24.6 Å². The molecule has 0 amide bonds. The Morgan fingerprint density at radius 3 is 2.14 bits per heavy atom. The summed E-state index contributed by atoms with van der Waals surface area (Å²) in [4.78, 5) is 21.6. The van der Waals surface area contributed by atoms with Crippen molar-refractivity contribution in [1.29, 1.82) is 0 Å². The predicted octanol–water partition coefficient (Wildman–Crippen LogP) is 4.42. The molecule has 0 saturated carbocycles. The van der Waals surface area contributed by atoms with E-state index in [-0.39, 0.29) is 5.69 Å². The maximum Gasteiger partial charge on any atom is 0.308 e. The molecule has 0 unspecified atom stereocenters. The lowest BCUT2D eigenvalue weighted by Gasteiger charge is -2.11. The van der Waals surface area contributed by atoms with Gasteiger partial charge in [0.1, 0.15) is 0 Å². The maximum absolute atomic E-state index is 11.4. The molecule has 0 bridgehead atoms. The van der Waals surface area contributed by atoms with Crippen LogP contribution in [0.1, 0.15) is 18.1 Å². The van der Waals surface area contributed by atoms with Crippen molar-refractivity contribution in [3.05, 3.63) is 75.8 Å². The second-order valence-corrected chi connectivity index (χ2v) is 5.49. The molecular weight excluding hydrogens is 397 g/mol. The molecule has 2 aromatic rings. The first-order valence-electron chi connectivity index (χ1n) is 6.37. The Morgan fingerprint density at radius 2 is 1.64 bits per heavy atom. The third kappa shape index (κ3) is 3.91. The Morgan fingerprint density at radius 1 is 1.05 bits per heavy atom. The molecule has 0 aromatic heterocycles. The molecule has 22 heavy (non-hydrogen) atoms. The van der Waals surface area contributed by atoms with Crippen LogP contribution in [0.3, 0.4) is 0 Å². The van der Waals surface area contributed by atoms with Gasteiger partial charge < -0.3 is 4.74 Å². The summed E-state index contributed by atoms with van der Waals surface area (Å²) >= 11 is 2.07. The molecule has 0 saturated heterocycles. The normalized spacial score (nSPS) is 11.5. The molecule has 2 aromatic carbocycles. The number of nitro groups is 1. The Balaban J connectivity index is 2.49. The van der Waals surface area contributed by atoms with Crippen molar-refractivity contribution in [2.45, 2.75) is 6.92 Å². The van der Waals surface area contributed by atoms with E-state index in [0.717, 1.165) is 11.1 Å². The molecule has 0 aliphatic rings. The molecule has 112 valence electrons. The van der Waals surface area contributed by atoms with E-state index in [4.69, 9.17) is 4.74 Å². The van der Waals surface area contributed by atoms with Gasteiger partial charge in [-0.2, -0.15) is 0 Å². The number of halogens is 1. The van der Waals surface area contributed by atoms with E-state index in [2.05, 4.69) is 22.6 Å². The molecule has 0 aliphatic carbocycles. The number of hydrogen-bond donors (Lipinski definition) is 0. The molecule has 0 atom stereocenters. The van der Waals surface area contributed by atoms with Crippen LogP contribution in [-0.4, -0.2) is 10.9 Å². The Bertz CT molecular complexity index is 724. The van der Waals surface area contributed by atoms with Gasteiger partial charge in [-0.1, -0.05) is 30.3 Å². The highest BCUT2D eigenvalue weighted by Gasteiger charge is 2.14. The van der Waals surface area contributed by atoms with E-state index in [9.17, 15) is 14.9 Å². The van der Waals surface area contributed by atoms with Gasteiger partial charge in [0.05, 0.1) is 8.50 Å². The molecule has 0 radical (unpaired) electrons. The van der Waals surface area contributed by atoms with Gasteiger partial charge in [-0.05, 0) is 40.3 Å². The second-order valence-electron chi connectivity index (χ2n) is 4.41. The summed E-state index contributed by atoms with van der Waals surface area (Å²) < 4.78 is 6.03. The van der Waals surface area contributed by atoms with Crippen molar-refractivity contribution in [2.75, 3.05) is 0 Å². The molecule has 0 spiro atoms. The van der Waals surface area contributed by atoms with E-state index in [1.807, 2.05) is 30.3 Å². The molecule has 5 nitrogen and oxygen atoms in total. The minimum absolute atomic E-state index is 0.0155. The van der Waals surface area contributed by atoms with E-state index in [1.54, 1.807) is 12.1 Å². The topological polar surface area (TPSA) is 69.4 Å². The van der Waals surface area contributed by atoms with Crippen LogP contribution in [0.25, 0.3) is 9.34 Å². The van der Waals surface area contributed by atoms with Crippen molar-refractivity contribution >= 4 is 43.6 Å². The monoisotopic (exact) mass is 409 g/mol. The Labute approximate surface area is 140 Å². The van der Waals surface area contributed by atoms with E-state index < -0.39 is 10.9 Å². The van der Waals surface area contributed by atoms with Crippen LogP contribution < -0.4 is 0 Å². The van der Waals surface area contributed by atoms with Gasteiger partial charge in [-0.3, -0.25) is 14.9 Å². The fraction of sp³-hybridized carbons (Fsp3) is 0.0625. The first-order chi connectivity index (χ1) is 10.5. The first-order valence-corrected chi connectivity index (χ1v) is 7.45. The maximum atomic E-state index is 11.4. The largest absolute Gasteiger partial charge is 0.425 e. The van der Waals surface area contributed by atoms with Crippen LogP contribution in [0, 0.1) is 10.1 Å². The highest BCUT2D eigenvalue weighted by Crippen LogP contribution is 2.33. The highest BCUT2D eigenvalue weighted by molar-refractivity contribution is 14.1. The van der Waals surface area contributed by atoms with E-state index in [0.29, 0.717) is 9.34 Å². The van der Waals surface area contributed by atoms with Gasteiger partial charge in [-0.15, -0.1) is 0 Å². The van der Waals surface area contributed by atoms with Crippen molar-refractivity contribution in [2.24, 2.45) is 0 Å². The van der Waals surface area contributed by atoms with Crippen LogP contribution in [-0.2, 0) is 9.53 Å². The second kappa shape index (κ2) is 7.17. The zero-order valence-corrected chi connectivity index (χ0v) is 13.8. The molecular formula is C16H12INO4. The van der Waals surface area contributed by atoms with Crippen molar-refractivity contribution in [1.82, 2.24) is 0 Å². The number of nitro benzene ring substituents is 1. The van der Waals surface area contributed by atoms with E-state index in [1.165, 1.54) is 19.1 Å². The van der Waals surface area contributed by atoms with Gasteiger partial charge in [0.15, 0.2) is 5.76 Å². The summed E-state index contributed by atoms with van der Waals surface area (Å²) in [6.45, 7) is 1.34. The average molecular weight is 409 g/mol. The van der Waals surface area contributed by atoms with Crippen LogP contribution in [0.5, 0.6) is 0 Å². The summed E-state index contributed by atoms with van der Waals surface area (Å²) in [6, 6.07) is 15.3. The number of ether oxygens (including phenoxy) is 1. The average Bonchev–Trinajstić information content (AvgIpc) is 2.52. The lowest BCUT2D eigenvalue weighted by Crippen LogP contribution is -2.00. The lowest BCUT2D eigenvalue weighted by molar-refractivity contribution is -0.384. The molecule has 0 heterocycles. The standard InChI is InChI=1S/C16H12INO4/c1-11(19)22-16(13-5-3-2-4-6-13)15(17)12-7-9-14(10-8-12)18(20)21/h2-10H,1H3/b16-15+. The molecule has 6 heteroatoms. The Kier molecular flexibility index (Phi) is 5.26. The number of hydrogen-bond acceptors (Lipinski definition) is 4. The van der Waals surface area contributed by atoms with Crippen molar-refractivity contribution in [3.63, 3.8) is 0 Å². The van der Waals surface area contributed by atoms with Gasteiger partial charge in [0.25, 0.3) is 5.69 Å². The lowest BCUT2D eigenvalue weighted by atomic mass is 10.1. The highest BCUT2D eigenvalue weighted by atomic mass is 127. The first kappa shape index (κ1) is 16.2. The summed E-state index contributed by atoms with van der Waals surface area (Å²) in [5.41, 5.74) is 1.52. The summed E-state index contributed by atoms with van der Waals surface area (Å²) in [5.74, 6) is 0.0116. The summed E-state index contributed by atoms with van der Waals surface area (Å²) in [6.07, 6.45) is 0. The zero-order valence-electron chi connectivity index (χ0n) is 11.7. The minimum Gasteiger partial charge on any atom is -0.425 e. The predicted molar refractivity (Wildman–Crippen MR) is 92.1 cm³/mol. The number of rotatable bonds is 4. The quantitative estimate of drug-likeness (QED) is 0.187. The van der Waals surface area contributed by atoms with Crippen LogP contribution in [0.2, 0.25) is 0 Å². The number of carbonyl (C=O) groups is 1. The number of benzene rings is 2. The zero-order chi connectivity index (χ0) is 16.1. The third-order valence-electron chi connectivity index (χ3n) is 2.81. The third-order valence-corrected chi connectivity index (χ3v) is 3.93. The SMILES string of the molecule is CC(=O)O/C(=C(/I)c1ccc([N+](=O)[O-])cc1)c1ccccc1. The van der Waals surface area contributed by atoms with Crippen LogP contribution in [0.15, 0.2) is 54.6 Å². The van der Waals surface area contributed by atoms with Gasteiger partial charge >= 0.3 is 5.97 Å².